The Bertz CT molecular complexity index is 477. The molecule has 0 spiro atoms. The summed E-state index contributed by atoms with van der Waals surface area (Å²) in [5.41, 5.74) is 0.444. The molecule has 22 heavy (non-hydrogen) atoms. The third-order valence-corrected chi connectivity index (χ3v) is 3.90. The number of Topliss-reactive ketones (excluding diaryl/α,β-unsaturated/α-hetero) is 1. The smallest absolute Gasteiger partial charge is 0.166 e. The molecule has 1 aromatic rings. The highest BCUT2D eigenvalue weighted by molar-refractivity contribution is 5.98. The van der Waals surface area contributed by atoms with Crippen molar-refractivity contribution >= 4 is 5.78 Å². The summed E-state index contributed by atoms with van der Waals surface area (Å²) in [4.78, 5) is 11.9. The minimum Gasteiger partial charge on any atom is -0.507 e. The number of carbonyl (C=O) groups excluding carboxylic acids is 1. The molecule has 0 atom stereocenters. The summed E-state index contributed by atoms with van der Waals surface area (Å²) >= 11 is 0. The highest BCUT2D eigenvalue weighted by Gasteiger charge is 2.09. The van der Waals surface area contributed by atoms with Gasteiger partial charge in [0.05, 0.1) is 11.6 Å². The fourth-order valence-corrected chi connectivity index (χ4v) is 2.57. The van der Waals surface area contributed by atoms with Gasteiger partial charge in [-0.15, -0.1) is 0 Å². The Morgan fingerprint density at radius 2 is 1.45 bits per heavy atom. The van der Waals surface area contributed by atoms with Crippen LogP contribution in [0.2, 0.25) is 0 Å². The summed E-state index contributed by atoms with van der Waals surface area (Å²) in [5.74, 6) is 0.125. The maximum absolute atomic E-state index is 11.9. The zero-order chi connectivity index (χ0) is 16.0. The summed E-state index contributed by atoms with van der Waals surface area (Å²) in [5, 5.41) is 18.0. The van der Waals surface area contributed by atoms with E-state index in [1.54, 1.807) is 24.3 Å². The van der Waals surface area contributed by atoms with Crippen molar-refractivity contribution in [2.45, 2.75) is 70.6 Å². The molecule has 1 rings (SSSR count). The van der Waals surface area contributed by atoms with Gasteiger partial charge in [0.2, 0.25) is 0 Å². The number of nitriles is 1. The van der Waals surface area contributed by atoms with Crippen LogP contribution in [0.15, 0.2) is 24.3 Å². The van der Waals surface area contributed by atoms with E-state index in [1.165, 1.54) is 38.5 Å². The van der Waals surface area contributed by atoms with Crippen LogP contribution in [0.4, 0.5) is 0 Å². The average molecular weight is 301 g/mol. The third-order valence-electron chi connectivity index (χ3n) is 3.90. The lowest BCUT2D eigenvalue weighted by Gasteiger charge is -2.04. The number of ketones is 1. The predicted molar refractivity (Wildman–Crippen MR) is 88.8 cm³/mol. The van der Waals surface area contributed by atoms with Crippen molar-refractivity contribution in [3.05, 3.63) is 29.8 Å². The van der Waals surface area contributed by atoms with Crippen LogP contribution in [-0.2, 0) is 0 Å². The van der Waals surface area contributed by atoms with Gasteiger partial charge in [0.1, 0.15) is 5.75 Å². The molecule has 0 aliphatic heterocycles. The highest BCUT2D eigenvalue weighted by Crippen LogP contribution is 2.19. The van der Waals surface area contributed by atoms with Crippen LogP contribution in [0.25, 0.3) is 0 Å². The van der Waals surface area contributed by atoms with Gasteiger partial charge < -0.3 is 5.11 Å². The molecule has 0 radical (unpaired) electrons. The van der Waals surface area contributed by atoms with Gasteiger partial charge in [0, 0.05) is 12.8 Å². The largest absolute Gasteiger partial charge is 0.507 e. The molecule has 0 saturated heterocycles. The van der Waals surface area contributed by atoms with E-state index >= 15 is 0 Å². The van der Waals surface area contributed by atoms with Crippen LogP contribution in [0.3, 0.4) is 0 Å². The highest BCUT2D eigenvalue weighted by atomic mass is 16.3. The first kappa shape index (κ1) is 18.2. The summed E-state index contributed by atoms with van der Waals surface area (Å²) < 4.78 is 0. The van der Waals surface area contributed by atoms with E-state index in [0.717, 1.165) is 19.3 Å². The van der Waals surface area contributed by atoms with Gasteiger partial charge in [-0.1, -0.05) is 57.1 Å². The van der Waals surface area contributed by atoms with Crippen molar-refractivity contribution in [1.82, 2.24) is 0 Å². The van der Waals surface area contributed by atoms with E-state index in [4.69, 9.17) is 5.26 Å². The number of para-hydroxylation sites is 1. The number of phenolic OH excluding ortho intramolecular Hbond substituents is 1. The van der Waals surface area contributed by atoms with Gasteiger partial charge in [0.15, 0.2) is 5.78 Å². The van der Waals surface area contributed by atoms with Gasteiger partial charge in [-0.05, 0) is 25.0 Å². The number of benzene rings is 1. The second kappa shape index (κ2) is 11.8. The Balaban J connectivity index is 1.97. The SMILES string of the molecule is N#CCCCCCCCCCCCC(=O)c1ccccc1O. The van der Waals surface area contributed by atoms with E-state index in [0.29, 0.717) is 18.4 Å². The summed E-state index contributed by atoms with van der Waals surface area (Å²) in [6, 6.07) is 8.93. The van der Waals surface area contributed by atoms with Gasteiger partial charge in [0.25, 0.3) is 0 Å². The first-order chi connectivity index (χ1) is 10.8. The van der Waals surface area contributed by atoms with E-state index in [9.17, 15) is 9.90 Å². The Kier molecular flexibility index (Phi) is 9.78. The molecule has 0 heterocycles. The van der Waals surface area contributed by atoms with Crippen molar-refractivity contribution in [2.75, 3.05) is 0 Å². The first-order valence-corrected chi connectivity index (χ1v) is 8.44. The van der Waals surface area contributed by atoms with E-state index in [1.807, 2.05) is 0 Å². The number of aromatic hydroxyl groups is 1. The fraction of sp³-hybridized carbons (Fsp3) is 0.579. The van der Waals surface area contributed by atoms with Crippen molar-refractivity contribution in [3.8, 4) is 11.8 Å². The van der Waals surface area contributed by atoms with Crippen LogP contribution in [-0.4, -0.2) is 10.9 Å². The Labute approximate surface area is 134 Å². The fourth-order valence-electron chi connectivity index (χ4n) is 2.57. The van der Waals surface area contributed by atoms with Gasteiger partial charge in [-0.3, -0.25) is 4.79 Å². The molecule has 0 amide bonds. The number of unbranched alkanes of at least 4 members (excludes halogenated alkanes) is 9. The minimum atomic E-state index is 0.0376. The first-order valence-electron chi connectivity index (χ1n) is 8.44. The normalized spacial score (nSPS) is 10.3. The summed E-state index contributed by atoms with van der Waals surface area (Å²) in [6.07, 6.45) is 11.5. The monoisotopic (exact) mass is 301 g/mol. The molecular weight excluding hydrogens is 274 g/mol. The van der Waals surface area contributed by atoms with Crippen LogP contribution in [0.1, 0.15) is 81.0 Å². The molecule has 3 nitrogen and oxygen atoms in total. The minimum absolute atomic E-state index is 0.0376. The second-order valence-electron chi connectivity index (χ2n) is 5.78. The zero-order valence-electron chi connectivity index (χ0n) is 13.4. The molecule has 0 fully saturated rings. The van der Waals surface area contributed by atoms with Crippen LogP contribution >= 0.6 is 0 Å². The molecular formula is C19H27NO2. The number of nitrogens with zero attached hydrogens (tertiary/aromatic N) is 1. The summed E-state index contributed by atoms with van der Waals surface area (Å²) in [6.45, 7) is 0. The number of carbonyl (C=O) groups is 1. The van der Waals surface area contributed by atoms with Crippen LogP contribution < -0.4 is 0 Å². The zero-order valence-corrected chi connectivity index (χ0v) is 13.4. The molecule has 1 aromatic carbocycles. The van der Waals surface area contributed by atoms with Gasteiger partial charge >= 0.3 is 0 Å². The summed E-state index contributed by atoms with van der Waals surface area (Å²) in [7, 11) is 0. The molecule has 0 saturated carbocycles. The Morgan fingerprint density at radius 1 is 0.909 bits per heavy atom. The molecule has 1 N–H and O–H groups in total. The van der Waals surface area contributed by atoms with Gasteiger partial charge in [-0.25, -0.2) is 0 Å². The van der Waals surface area contributed by atoms with Gasteiger partial charge in [-0.2, -0.15) is 5.26 Å². The van der Waals surface area contributed by atoms with Crippen molar-refractivity contribution in [1.29, 1.82) is 5.26 Å². The average Bonchev–Trinajstić information content (AvgIpc) is 2.53. The molecule has 0 aliphatic carbocycles. The molecule has 0 aromatic heterocycles. The van der Waals surface area contributed by atoms with E-state index in [-0.39, 0.29) is 11.5 Å². The maximum atomic E-state index is 11.9. The van der Waals surface area contributed by atoms with Crippen molar-refractivity contribution in [2.24, 2.45) is 0 Å². The lowest BCUT2D eigenvalue weighted by molar-refractivity contribution is 0.0976. The molecule has 120 valence electrons. The number of hydrogen-bond donors (Lipinski definition) is 1. The maximum Gasteiger partial charge on any atom is 0.166 e. The lowest BCUT2D eigenvalue weighted by atomic mass is 10.0. The van der Waals surface area contributed by atoms with Crippen molar-refractivity contribution < 1.29 is 9.90 Å². The lowest BCUT2D eigenvalue weighted by Crippen LogP contribution is -1.99. The number of rotatable bonds is 12. The predicted octanol–water partition coefficient (Wildman–Crippen LogP) is 5.39. The number of phenols is 1. The molecule has 0 aliphatic rings. The van der Waals surface area contributed by atoms with E-state index in [2.05, 4.69) is 6.07 Å². The molecule has 0 unspecified atom stereocenters. The second-order valence-corrected chi connectivity index (χ2v) is 5.78. The quantitative estimate of drug-likeness (QED) is 0.416. The van der Waals surface area contributed by atoms with Crippen LogP contribution in [0, 0.1) is 11.3 Å². The van der Waals surface area contributed by atoms with Crippen molar-refractivity contribution in [3.63, 3.8) is 0 Å². The van der Waals surface area contributed by atoms with Crippen LogP contribution in [0.5, 0.6) is 5.75 Å². The molecule has 0 bridgehead atoms. The Morgan fingerprint density at radius 3 is 2.05 bits per heavy atom. The third kappa shape index (κ3) is 7.83. The Hall–Kier alpha value is -1.82. The molecule has 3 heteroatoms. The number of hydrogen-bond acceptors (Lipinski definition) is 3. The standard InChI is InChI=1S/C19H27NO2/c20-16-12-8-6-4-2-1-3-5-7-9-14-18(21)17-13-10-11-15-19(17)22/h10-11,13,15,22H,1-9,12,14H2. The van der Waals surface area contributed by atoms with E-state index < -0.39 is 0 Å². The topological polar surface area (TPSA) is 61.1 Å².